The highest BCUT2D eigenvalue weighted by molar-refractivity contribution is 7.89. The number of sulfonamides is 1. The molecule has 1 rings (SSSR count). The average Bonchev–Trinajstić information content (AvgIpc) is 2.24. The summed E-state index contributed by atoms with van der Waals surface area (Å²) >= 11 is 0. The number of hydrogen-bond acceptors (Lipinski definition) is 5. The number of nitrogens with zero attached hydrogens (tertiary/aromatic N) is 2. The molecule has 0 aromatic carbocycles. The highest BCUT2D eigenvalue weighted by atomic mass is 32.2. The lowest BCUT2D eigenvalue weighted by Crippen LogP contribution is -2.19. The standard InChI is InChI=1S/C7H4F5N3O4S/c8-6(9)4-5(15(16)17)2(20(13,18)19)1-3(14-4)7(10,11)12/h1,6H,(H2,13,18,19). The fourth-order valence-electron chi connectivity index (χ4n) is 1.23. The summed E-state index contributed by atoms with van der Waals surface area (Å²) in [7, 11) is -5.03. The molecule has 1 aromatic heterocycles. The summed E-state index contributed by atoms with van der Waals surface area (Å²) in [6.45, 7) is 0. The molecule has 0 bridgehead atoms. The molecule has 0 unspecified atom stereocenters. The molecular formula is C7H4F5N3O4S. The number of nitrogens with two attached hydrogens (primary N) is 1. The van der Waals surface area contributed by atoms with Crippen molar-refractivity contribution in [1.29, 1.82) is 0 Å². The van der Waals surface area contributed by atoms with Gasteiger partial charge >= 0.3 is 11.9 Å². The summed E-state index contributed by atoms with van der Waals surface area (Å²) in [6.07, 6.45) is -9.07. The zero-order chi connectivity index (χ0) is 15.9. The van der Waals surface area contributed by atoms with Gasteiger partial charge < -0.3 is 0 Å². The van der Waals surface area contributed by atoms with Crippen LogP contribution in [0.25, 0.3) is 0 Å². The smallest absolute Gasteiger partial charge is 0.258 e. The van der Waals surface area contributed by atoms with Crippen LogP contribution in [0.4, 0.5) is 27.6 Å². The van der Waals surface area contributed by atoms with Crippen LogP contribution < -0.4 is 5.14 Å². The van der Waals surface area contributed by atoms with Crippen molar-refractivity contribution in [3.8, 4) is 0 Å². The zero-order valence-corrected chi connectivity index (χ0v) is 9.87. The SMILES string of the molecule is NS(=O)(=O)c1cc(C(F)(F)F)nc(C(F)F)c1[N+](=O)[O-]. The molecule has 0 radical (unpaired) electrons. The van der Waals surface area contributed by atoms with Crippen molar-refractivity contribution in [1.82, 2.24) is 4.98 Å². The van der Waals surface area contributed by atoms with Crippen LogP contribution in [0.3, 0.4) is 0 Å². The Bertz CT molecular complexity index is 657. The van der Waals surface area contributed by atoms with Gasteiger partial charge in [-0.3, -0.25) is 10.1 Å². The van der Waals surface area contributed by atoms with E-state index in [1.54, 1.807) is 0 Å². The van der Waals surface area contributed by atoms with Crippen molar-refractivity contribution in [3.63, 3.8) is 0 Å². The van der Waals surface area contributed by atoms with Crippen molar-refractivity contribution >= 4 is 15.7 Å². The van der Waals surface area contributed by atoms with Crippen LogP contribution in [0.15, 0.2) is 11.0 Å². The number of nitro groups is 1. The maximum Gasteiger partial charge on any atom is 0.433 e. The topological polar surface area (TPSA) is 116 Å². The van der Waals surface area contributed by atoms with Gasteiger partial charge in [0.05, 0.1) is 4.92 Å². The number of hydrogen-bond donors (Lipinski definition) is 1. The largest absolute Gasteiger partial charge is 0.433 e. The lowest BCUT2D eigenvalue weighted by atomic mass is 10.2. The Labute approximate surface area is 107 Å². The van der Waals surface area contributed by atoms with Crippen molar-refractivity contribution in [2.24, 2.45) is 5.14 Å². The average molecular weight is 321 g/mol. The predicted octanol–water partition coefficient (Wildman–Crippen LogP) is 1.59. The Balaban J connectivity index is 3.89. The zero-order valence-electron chi connectivity index (χ0n) is 9.06. The quantitative estimate of drug-likeness (QED) is 0.515. The van der Waals surface area contributed by atoms with Gasteiger partial charge in [0.2, 0.25) is 10.0 Å². The van der Waals surface area contributed by atoms with Crippen LogP contribution in [-0.4, -0.2) is 18.3 Å². The Kier molecular flexibility index (Phi) is 3.96. The van der Waals surface area contributed by atoms with Gasteiger partial charge in [-0.1, -0.05) is 0 Å². The fraction of sp³-hybridized carbons (Fsp3) is 0.286. The predicted molar refractivity (Wildman–Crippen MR) is 52.2 cm³/mol. The summed E-state index contributed by atoms with van der Waals surface area (Å²) in [4.78, 5) is 9.72. The van der Waals surface area contributed by atoms with E-state index >= 15 is 0 Å². The van der Waals surface area contributed by atoms with Gasteiger partial charge in [0, 0.05) is 0 Å². The molecule has 0 spiro atoms. The number of rotatable bonds is 3. The molecule has 0 saturated heterocycles. The third kappa shape index (κ3) is 3.16. The van der Waals surface area contributed by atoms with E-state index in [0.717, 1.165) is 0 Å². The van der Waals surface area contributed by atoms with Gasteiger partial charge in [0.1, 0.15) is 5.69 Å². The first kappa shape index (κ1) is 16.2. The monoisotopic (exact) mass is 321 g/mol. The van der Waals surface area contributed by atoms with Crippen molar-refractivity contribution in [3.05, 3.63) is 27.6 Å². The molecule has 0 aliphatic carbocycles. The molecule has 1 aromatic rings. The first-order valence-corrected chi connectivity index (χ1v) is 5.97. The lowest BCUT2D eigenvalue weighted by Gasteiger charge is -2.10. The Morgan fingerprint density at radius 2 is 1.85 bits per heavy atom. The molecule has 0 amide bonds. The maximum atomic E-state index is 12.6. The van der Waals surface area contributed by atoms with Gasteiger partial charge in [-0.25, -0.2) is 27.3 Å². The molecule has 0 atom stereocenters. The normalized spacial score (nSPS) is 12.8. The molecule has 2 N–H and O–H groups in total. The first-order valence-electron chi connectivity index (χ1n) is 4.43. The Morgan fingerprint density at radius 3 is 2.15 bits per heavy atom. The third-order valence-corrected chi connectivity index (χ3v) is 2.90. The van der Waals surface area contributed by atoms with Gasteiger partial charge in [0.15, 0.2) is 10.6 Å². The van der Waals surface area contributed by atoms with E-state index in [1.165, 1.54) is 0 Å². The van der Waals surface area contributed by atoms with E-state index in [9.17, 15) is 40.5 Å². The maximum absolute atomic E-state index is 12.6. The van der Waals surface area contributed by atoms with E-state index in [0.29, 0.717) is 0 Å². The summed E-state index contributed by atoms with van der Waals surface area (Å²) in [5.41, 5.74) is -5.73. The highest BCUT2D eigenvalue weighted by Crippen LogP contribution is 2.37. The molecule has 13 heteroatoms. The molecule has 20 heavy (non-hydrogen) atoms. The van der Waals surface area contributed by atoms with E-state index in [-0.39, 0.29) is 6.07 Å². The second kappa shape index (κ2) is 4.90. The molecule has 7 nitrogen and oxygen atoms in total. The minimum atomic E-state index is -5.28. The second-order valence-electron chi connectivity index (χ2n) is 3.34. The van der Waals surface area contributed by atoms with Gasteiger partial charge in [0.25, 0.3) is 6.43 Å². The Hall–Kier alpha value is -1.89. The number of pyridine rings is 1. The van der Waals surface area contributed by atoms with Gasteiger partial charge in [-0.05, 0) is 6.07 Å². The third-order valence-electron chi connectivity index (χ3n) is 1.97. The van der Waals surface area contributed by atoms with E-state index in [4.69, 9.17) is 0 Å². The van der Waals surface area contributed by atoms with Crippen LogP contribution in [0.5, 0.6) is 0 Å². The summed E-state index contributed by atoms with van der Waals surface area (Å²) in [6, 6.07) is -0.265. The van der Waals surface area contributed by atoms with Crippen LogP contribution in [0.1, 0.15) is 17.8 Å². The lowest BCUT2D eigenvalue weighted by molar-refractivity contribution is -0.389. The van der Waals surface area contributed by atoms with E-state index in [2.05, 4.69) is 10.1 Å². The molecule has 0 fully saturated rings. The van der Waals surface area contributed by atoms with E-state index < -0.39 is 49.5 Å². The van der Waals surface area contributed by atoms with Crippen molar-refractivity contribution in [2.45, 2.75) is 17.5 Å². The van der Waals surface area contributed by atoms with Gasteiger partial charge in [-0.15, -0.1) is 0 Å². The number of aromatic nitrogens is 1. The molecule has 0 aliphatic heterocycles. The number of primary sulfonamides is 1. The van der Waals surface area contributed by atoms with Gasteiger partial charge in [-0.2, -0.15) is 13.2 Å². The van der Waals surface area contributed by atoms with Crippen LogP contribution in [0, 0.1) is 10.1 Å². The molecular weight excluding hydrogens is 317 g/mol. The Morgan fingerprint density at radius 1 is 1.35 bits per heavy atom. The fourth-order valence-corrected chi connectivity index (χ4v) is 1.96. The second-order valence-corrected chi connectivity index (χ2v) is 4.87. The summed E-state index contributed by atoms with van der Waals surface area (Å²) < 4.78 is 84.5. The minimum Gasteiger partial charge on any atom is -0.258 e. The molecule has 0 saturated carbocycles. The minimum absolute atomic E-state index is 0.265. The first-order chi connectivity index (χ1) is 8.85. The summed E-state index contributed by atoms with van der Waals surface area (Å²) in [5.74, 6) is 0. The number of alkyl halides is 5. The van der Waals surface area contributed by atoms with Crippen molar-refractivity contribution in [2.75, 3.05) is 0 Å². The molecule has 112 valence electrons. The van der Waals surface area contributed by atoms with E-state index in [1.807, 2.05) is 0 Å². The van der Waals surface area contributed by atoms with Crippen LogP contribution >= 0.6 is 0 Å². The van der Waals surface area contributed by atoms with Crippen molar-refractivity contribution < 1.29 is 35.3 Å². The van der Waals surface area contributed by atoms with Crippen LogP contribution in [-0.2, 0) is 16.2 Å². The summed E-state index contributed by atoms with van der Waals surface area (Å²) in [5, 5.41) is 15.1. The van der Waals surface area contributed by atoms with Crippen LogP contribution in [0.2, 0.25) is 0 Å². The molecule has 0 aliphatic rings. The number of halogens is 5. The highest BCUT2D eigenvalue weighted by Gasteiger charge is 2.40. The molecule has 1 heterocycles.